The number of nitrogens with one attached hydrogen (secondary N) is 2. The number of carbonyl (C=O) groups is 1. The highest BCUT2D eigenvalue weighted by Gasteiger charge is 2.33. The van der Waals surface area contributed by atoms with Crippen LogP contribution in [0.1, 0.15) is 30.0 Å². The number of hydrogen-bond donors (Lipinski definition) is 3. The minimum atomic E-state index is -0.497. The normalized spacial score (nSPS) is 27.0. The molecule has 3 N–H and O–H groups in total. The van der Waals surface area contributed by atoms with Crippen LogP contribution in [-0.4, -0.2) is 30.2 Å². The predicted molar refractivity (Wildman–Crippen MR) is 72.6 cm³/mol. The molecule has 1 aromatic rings. The molecule has 1 aliphatic carbocycles. The van der Waals surface area contributed by atoms with Crippen molar-refractivity contribution in [2.75, 3.05) is 13.1 Å². The van der Waals surface area contributed by atoms with Gasteiger partial charge in [0.05, 0.1) is 12.1 Å². The number of aliphatic hydroxyl groups is 1. The van der Waals surface area contributed by atoms with E-state index in [4.69, 9.17) is 0 Å². The lowest BCUT2D eigenvalue weighted by molar-refractivity contribution is -0.127. The fourth-order valence-electron chi connectivity index (χ4n) is 3.10. The van der Waals surface area contributed by atoms with Crippen molar-refractivity contribution < 1.29 is 9.90 Å². The average molecular weight is 260 g/mol. The molecular weight excluding hydrogens is 240 g/mol. The molecule has 19 heavy (non-hydrogen) atoms. The van der Waals surface area contributed by atoms with Crippen molar-refractivity contribution in [2.24, 2.45) is 5.92 Å². The van der Waals surface area contributed by atoms with Crippen molar-refractivity contribution in [3.8, 4) is 0 Å². The third-order valence-corrected chi connectivity index (χ3v) is 4.21. The summed E-state index contributed by atoms with van der Waals surface area (Å²) in [6.07, 6.45) is 1.91. The first kappa shape index (κ1) is 12.6. The molecule has 0 saturated carbocycles. The molecule has 1 heterocycles. The van der Waals surface area contributed by atoms with E-state index in [9.17, 15) is 9.90 Å². The summed E-state index contributed by atoms with van der Waals surface area (Å²) in [4.78, 5) is 12.3. The van der Waals surface area contributed by atoms with Gasteiger partial charge in [-0.15, -0.1) is 0 Å². The van der Waals surface area contributed by atoms with Crippen molar-refractivity contribution in [1.82, 2.24) is 10.6 Å². The zero-order valence-corrected chi connectivity index (χ0v) is 10.9. The molecule has 2 aliphatic rings. The van der Waals surface area contributed by atoms with Gasteiger partial charge < -0.3 is 15.7 Å². The van der Waals surface area contributed by atoms with Crippen molar-refractivity contribution in [1.29, 1.82) is 0 Å². The first-order valence-corrected chi connectivity index (χ1v) is 7.02. The molecule has 2 atom stereocenters. The van der Waals surface area contributed by atoms with Gasteiger partial charge in [-0.1, -0.05) is 24.3 Å². The number of benzene rings is 1. The third-order valence-electron chi connectivity index (χ3n) is 4.21. The van der Waals surface area contributed by atoms with E-state index in [0.29, 0.717) is 6.42 Å². The van der Waals surface area contributed by atoms with Gasteiger partial charge in [0.1, 0.15) is 0 Å². The Labute approximate surface area is 113 Å². The van der Waals surface area contributed by atoms with Crippen LogP contribution < -0.4 is 10.6 Å². The van der Waals surface area contributed by atoms with Crippen LogP contribution in [0, 0.1) is 5.92 Å². The molecule has 1 aromatic carbocycles. The van der Waals surface area contributed by atoms with Crippen LogP contribution in [0.15, 0.2) is 24.3 Å². The van der Waals surface area contributed by atoms with Crippen LogP contribution >= 0.6 is 0 Å². The number of aliphatic hydroxyl groups excluding tert-OH is 1. The van der Waals surface area contributed by atoms with Gasteiger partial charge >= 0.3 is 0 Å². The molecule has 1 fully saturated rings. The van der Waals surface area contributed by atoms with Gasteiger partial charge in [0, 0.05) is 12.3 Å². The fraction of sp³-hybridized carbons (Fsp3) is 0.533. The topological polar surface area (TPSA) is 61.4 Å². The Morgan fingerprint density at radius 2 is 2.00 bits per heavy atom. The van der Waals surface area contributed by atoms with E-state index in [1.807, 2.05) is 24.3 Å². The van der Waals surface area contributed by atoms with Gasteiger partial charge in [-0.3, -0.25) is 4.79 Å². The van der Waals surface area contributed by atoms with E-state index < -0.39 is 6.10 Å². The van der Waals surface area contributed by atoms with Gasteiger partial charge in [0.2, 0.25) is 5.91 Å². The second-order valence-corrected chi connectivity index (χ2v) is 5.48. The molecule has 102 valence electrons. The standard InChI is InChI=1S/C15H20N2O2/c18-13-9-11-3-1-2-4-12(11)14(13)17-15(19)10-5-7-16-8-6-10/h1-4,10,13-14,16,18H,5-9H2,(H,17,19). The monoisotopic (exact) mass is 260 g/mol. The Bertz CT molecular complexity index is 469. The summed E-state index contributed by atoms with van der Waals surface area (Å²) < 4.78 is 0. The molecular formula is C15H20N2O2. The number of rotatable bonds is 2. The summed E-state index contributed by atoms with van der Waals surface area (Å²) in [7, 11) is 0. The van der Waals surface area contributed by atoms with Crippen LogP contribution in [0.5, 0.6) is 0 Å². The van der Waals surface area contributed by atoms with E-state index in [-0.39, 0.29) is 17.9 Å². The summed E-state index contributed by atoms with van der Waals surface area (Å²) in [5.41, 5.74) is 2.21. The summed E-state index contributed by atoms with van der Waals surface area (Å²) in [6, 6.07) is 7.72. The lowest BCUT2D eigenvalue weighted by Crippen LogP contribution is -2.41. The highest BCUT2D eigenvalue weighted by atomic mass is 16.3. The Balaban J connectivity index is 1.71. The number of piperidine rings is 1. The van der Waals surface area contributed by atoms with Crippen LogP contribution in [-0.2, 0) is 11.2 Å². The zero-order valence-electron chi connectivity index (χ0n) is 10.9. The minimum Gasteiger partial charge on any atom is -0.390 e. The molecule has 4 nitrogen and oxygen atoms in total. The van der Waals surface area contributed by atoms with E-state index >= 15 is 0 Å². The maximum atomic E-state index is 12.3. The smallest absolute Gasteiger partial charge is 0.223 e. The first-order valence-electron chi connectivity index (χ1n) is 7.02. The molecule has 3 rings (SSSR count). The van der Waals surface area contributed by atoms with Gasteiger partial charge in [-0.2, -0.15) is 0 Å². The fourth-order valence-corrected chi connectivity index (χ4v) is 3.10. The minimum absolute atomic E-state index is 0.0845. The van der Waals surface area contributed by atoms with Crippen molar-refractivity contribution in [3.63, 3.8) is 0 Å². The second kappa shape index (κ2) is 5.31. The summed E-state index contributed by atoms with van der Waals surface area (Å²) >= 11 is 0. The van der Waals surface area contributed by atoms with Crippen LogP contribution in [0.25, 0.3) is 0 Å². The molecule has 0 radical (unpaired) electrons. The lowest BCUT2D eigenvalue weighted by Gasteiger charge is -2.25. The van der Waals surface area contributed by atoms with Gasteiger partial charge in [-0.05, 0) is 37.1 Å². The van der Waals surface area contributed by atoms with Crippen LogP contribution in [0.4, 0.5) is 0 Å². The van der Waals surface area contributed by atoms with E-state index in [0.717, 1.165) is 37.1 Å². The highest BCUT2D eigenvalue weighted by Crippen LogP contribution is 2.31. The third kappa shape index (κ3) is 2.51. The number of carbonyl (C=O) groups excluding carboxylic acids is 1. The summed E-state index contributed by atoms with van der Waals surface area (Å²) in [5, 5.41) is 16.4. The van der Waals surface area contributed by atoms with Crippen LogP contribution in [0.3, 0.4) is 0 Å². The average Bonchev–Trinajstić information content (AvgIpc) is 2.76. The molecule has 2 unspecified atom stereocenters. The van der Waals surface area contributed by atoms with Gasteiger partial charge in [-0.25, -0.2) is 0 Å². The van der Waals surface area contributed by atoms with Crippen molar-refractivity contribution in [2.45, 2.75) is 31.4 Å². The lowest BCUT2D eigenvalue weighted by atomic mass is 9.96. The van der Waals surface area contributed by atoms with Crippen LogP contribution in [0.2, 0.25) is 0 Å². The quantitative estimate of drug-likeness (QED) is 0.736. The molecule has 4 heteroatoms. The predicted octanol–water partition coefficient (Wildman–Crippen LogP) is 0.760. The Kier molecular flexibility index (Phi) is 3.53. The number of amides is 1. The van der Waals surface area contributed by atoms with Crippen molar-refractivity contribution in [3.05, 3.63) is 35.4 Å². The summed E-state index contributed by atoms with van der Waals surface area (Å²) in [5.74, 6) is 0.170. The summed E-state index contributed by atoms with van der Waals surface area (Å²) in [6.45, 7) is 1.81. The molecule has 1 aliphatic heterocycles. The molecule has 1 saturated heterocycles. The maximum Gasteiger partial charge on any atom is 0.223 e. The highest BCUT2D eigenvalue weighted by molar-refractivity contribution is 5.79. The van der Waals surface area contributed by atoms with Crippen molar-refractivity contribution >= 4 is 5.91 Å². The molecule has 1 amide bonds. The first-order chi connectivity index (χ1) is 9.25. The largest absolute Gasteiger partial charge is 0.390 e. The Morgan fingerprint density at radius 3 is 2.79 bits per heavy atom. The second-order valence-electron chi connectivity index (χ2n) is 5.48. The van der Waals surface area contributed by atoms with E-state index in [1.165, 1.54) is 0 Å². The molecule has 0 aromatic heterocycles. The molecule has 0 spiro atoms. The zero-order chi connectivity index (χ0) is 13.2. The SMILES string of the molecule is O=C(NC1c2ccccc2CC1O)C1CCNCC1. The Morgan fingerprint density at radius 1 is 1.26 bits per heavy atom. The maximum absolute atomic E-state index is 12.3. The van der Waals surface area contributed by atoms with Gasteiger partial charge in [0.25, 0.3) is 0 Å². The number of hydrogen-bond acceptors (Lipinski definition) is 3. The van der Waals surface area contributed by atoms with Gasteiger partial charge in [0.15, 0.2) is 0 Å². The number of fused-ring (bicyclic) bond motifs is 1. The van der Waals surface area contributed by atoms with E-state index in [1.54, 1.807) is 0 Å². The van der Waals surface area contributed by atoms with E-state index in [2.05, 4.69) is 10.6 Å². The molecule has 0 bridgehead atoms. The Hall–Kier alpha value is -1.39.